The first-order chi connectivity index (χ1) is 5.70. The number of hydrogen-bond acceptors (Lipinski definition) is 5. The summed E-state index contributed by atoms with van der Waals surface area (Å²) in [6.07, 6.45) is 0.291. The van der Waals surface area contributed by atoms with Crippen LogP contribution in [-0.2, 0) is 9.39 Å². The third-order valence-electron chi connectivity index (χ3n) is 1.31. The average molecular weight is 178 g/mol. The summed E-state index contributed by atoms with van der Waals surface area (Å²) in [6, 6.07) is 0. The van der Waals surface area contributed by atoms with E-state index in [1.807, 2.05) is 6.92 Å². The van der Waals surface area contributed by atoms with E-state index in [4.69, 9.17) is 19.9 Å². The van der Waals surface area contributed by atoms with Gasteiger partial charge in [0, 0.05) is 0 Å². The van der Waals surface area contributed by atoms with Crippen LogP contribution in [0, 0.1) is 0 Å². The molecule has 1 atom stereocenters. The standard InChI is InChI=1S/C6H15BO5/c1-2-6(12-7(9)10)5-11-4-3-8/h6,8-10H,2-5H2,1H3. The van der Waals surface area contributed by atoms with Gasteiger partial charge in [-0.3, -0.25) is 0 Å². The molecule has 0 heterocycles. The lowest BCUT2D eigenvalue weighted by Gasteiger charge is -2.15. The van der Waals surface area contributed by atoms with Crippen molar-refractivity contribution in [2.75, 3.05) is 19.8 Å². The van der Waals surface area contributed by atoms with Crippen LogP contribution in [-0.4, -0.2) is 48.4 Å². The third kappa shape index (κ3) is 6.57. The molecule has 0 bridgehead atoms. The first-order valence-electron chi connectivity index (χ1n) is 3.90. The summed E-state index contributed by atoms with van der Waals surface area (Å²) >= 11 is 0. The molecule has 1 unspecified atom stereocenters. The molecule has 0 aromatic carbocycles. The maximum Gasteiger partial charge on any atom is 0.634 e. The minimum absolute atomic E-state index is 0.0435. The van der Waals surface area contributed by atoms with Crippen molar-refractivity contribution in [3.63, 3.8) is 0 Å². The summed E-state index contributed by atoms with van der Waals surface area (Å²) in [6.45, 7) is 2.30. The molecular formula is C6H15BO5. The fourth-order valence-corrected chi connectivity index (χ4v) is 0.705. The minimum Gasteiger partial charge on any atom is -0.402 e. The molecular weight excluding hydrogens is 163 g/mol. The molecule has 0 aliphatic heterocycles. The second kappa shape index (κ2) is 7.51. The molecule has 0 aliphatic rings. The maximum atomic E-state index is 8.44. The van der Waals surface area contributed by atoms with Crippen LogP contribution in [0.4, 0.5) is 0 Å². The fraction of sp³-hybridized carbons (Fsp3) is 1.00. The normalized spacial score (nSPS) is 13.0. The van der Waals surface area contributed by atoms with Gasteiger partial charge in [-0.05, 0) is 6.42 Å². The Labute approximate surface area is 72.1 Å². The topological polar surface area (TPSA) is 79.2 Å². The Kier molecular flexibility index (Phi) is 7.43. The van der Waals surface area contributed by atoms with Crippen molar-refractivity contribution in [2.45, 2.75) is 19.4 Å². The van der Waals surface area contributed by atoms with Crippen LogP contribution in [0.2, 0.25) is 0 Å². The van der Waals surface area contributed by atoms with Gasteiger partial charge in [0.15, 0.2) is 0 Å². The van der Waals surface area contributed by atoms with Gasteiger partial charge in [0.25, 0.3) is 0 Å². The average Bonchev–Trinajstić information content (AvgIpc) is 2.02. The van der Waals surface area contributed by atoms with Crippen LogP contribution in [0.15, 0.2) is 0 Å². The number of aliphatic hydroxyl groups excluding tert-OH is 1. The van der Waals surface area contributed by atoms with Crippen LogP contribution >= 0.6 is 0 Å². The van der Waals surface area contributed by atoms with Crippen LogP contribution in [0.5, 0.6) is 0 Å². The van der Waals surface area contributed by atoms with E-state index in [-0.39, 0.29) is 25.9 Å². The van der Waals surface area contributed by atoms with Crippen molar-refractivity contribution < 1.29 is 24.5 Å². The van der Waals surface area contributed by atoms with Crippen LogP contribution in [0.25, 0.3) is 0 Å². The highest BCUT2D eigenvalue weighted by molar-refractivity contribution is 6.32. The molecule has 6 heteroatoms. The predicted molar refractivity (Wildman–Crippen MR) is 43.3 cm³/mol. The molecule has 0 rings (SSSR count). The molecule has 72 valence electrons. The summed E-state index contributed by atoms with van der Waals surface area (Å²) < 4.78 is 9.59. The summed E-state index contributed by atoms with van der Waals surface area (Å²) in [4.78, 5) is 0. The summed E-state index contributed by atoms with van der Waals surface area (Å²) in [5.41, 5.74) is 0. The van der Waals surface area contributed by atoms with Gasteiger partial charge < -0.3 is 24.5 Å². The van der Waals surface area contributed by atoms with Gasteiger partial charge in [-0.2, -0.15) is 0 Å². The van der Waals surface area contributed by atoms with Gasteiger partial charge in [-0.1, -0.05) is 6.92 Å². The first kappa shape index (κ1) is 11.9. The van der Waals surface area contributed by atoms with Crippen LogP contribution < -0.4 is 0 Å². The zero-order valence-electron chi connectivity index (χ0n) is 7.14. The maximum absolute atomic E-state index is 8.44. The lowest BCUT2D eigenvalue weighted by molar-refractivity contribution is 0.0114. The second-order valence-electron chi connectivity index (χ2n) is 2.29. The van der Waals surface area contributed by atoms with E-state index in [0.29, 0.717) is 6.42 Å². The highest BCUT2D eigenvalue weighted by Crippen LogP contribution is 1.98. The number of ether oxygens (including phenoxy) is 1. The SMILES string of the molecule is CCC(COCCO)OB(O)O. The highest BCUT2D eigenvalue weighted by Gasteiger charge is 2.16. The fourth-order valence-electron chi connectivity index (χ4n) is 0.705. The van der Waals surface area contributed by atoms with Gasteiger partial charge in [0.05, 0.1) is 25.9 Å². The monoisotopic (exact) mass is 178 g/mol. The Bertz CT molecular complexity index is 99.9. The van der Waals surface area contributed by atoms with E-state index in [1.165, 1.54) is 0 Å². The second-order valence-corrected chi connectivity index (χ2v) is 2.29. The van der Waals surface area contributed by atoms with Crippen molar-refractivity contribution in [2.24, 2.45) is 0 Å². The molecule has 0 saturated carbocycles. The van der Waals surface area contributed by atoms with Gasteiger partial charge in [0.2, 0.25) is 0 Å². The third-order valence-corrected chi connectivity index (χ3v) is 1.31. The summed E-state index contributed by atoms with van der Waals surface area (Å²) in [5.74, 6) is 0. The molecule has 5 nitrogen and oxygen atoms in total. The van der Waals surface area contributed by atoms with Crippen molar-refractivity contribution in [1.82, 2.24) is 0 Å². The number of aliphatic hydroxyl groups is 1. The van der Waals surface area contributed by atoms with Gasteiger partial charge in [-0.25, -0.2) is 0 Å². The van der Waals surface area contributed by atoms with Crippen molar-refractivity contribution >= 4 is 7.32 Å². The molecule has 0 aromatic heterocycles. The van der Waals surface area contributed by atoms with E-state index in [0.717, 1.165) is 0 Å². The Morgan fingerprint density at radius 3 is 2.50 bits per heavy atom. The highest BCUT2D eigenvalue weighted by atomic mass is 16.6. The largest absolute Gasteiger partial charge is 0.634 e. The van der Waals surface area contributed by atoms with Gasteiger partial charge in [-0.15, -0.1) is 0 Å². The minimum atomic E-state index is -1.76. The van der Waals surface area contributed by atoms with E-state index in [1.54, 1.807) is 0 Å². The first-order valence-corrected chi connectivity index (χ1v) is 3.90. The molecule has 0 aromatic rings. The quantitative estimate of drug-likeness (QED) is 0.335. The lowest BCUT2D eigenvalue weighted by Crippen LogP contribution is -2.29. The molecule has 12 heavy (non-hydrogen) atoms. The molecule has 0 spiro atoms. The van der Waals surface area contributed by atoms with E-state index in [2.05, 4.69) is 4.65 Å². The van der Waals surface area contributed by atoms with E-state index >= 15 is 0 Å². The van der Waals surface area contributed by atoms with Crippen molar-refractivity contribution in [3.05, 3.63) is 0 Å². The number of hydrogen-bond donors (Lipinski definition) is 3. The predicted octanol–water partition coefficient (Wildman–Crippen LogP) is -1.24. The zero-order chi connectivity index (χ0) is 9.40. The van der Waals surface area contributed by atoms with E-state index < -0.39 is 7.32 Å². The number of rotatable bonds is 7. The summed E-state index contributed by atoms with van der Waals surface area (Å²) in [7, 11) is -1.76. The molecule has 3 N–H and O–H groups in total. The molecule has 0 fully saturated rings. The molecule has 0 aliphatic carbocycles. The summed E-state index contributed by atoms with van der Waals surface area (Å²) in [5, 5.41) is 25.2. The van der Waals surface area contributed by atoms with Crippen LogP contribution in [0.1, 0.15) is 13.3 Å². The Hall–Kier alpha value is -0.135. The zero-order valence-corrected chi connectivity index (χ0v) is 7.14. The Morgan fingerprint density at radius 1 is 1.42 bits per heavy atom. The Morgan fingerprint density at radius 2 is 2.08 bits per heavy atom. The lowest BCUT2D eigenvalue weighted by atomic mass is 10.2. The van der Waals surface area contributed by atoms with Crippen molar-refractivity contribution in [3.8, 4) is 0 Å². The molecule has 0 saturated heterocycles. The van der Waals surface area contributed by atoms with E-state index in [9.17, 15) is 0 Å². The molecule has 0 radical (unpaired) electrons. The van der Waals surface area contributed by atoms with Crippen molar-refractivity contribution in [1.29, 1.82) is 0 Å². The van der Waals surface area contributed by atoms with Crippen LogP contribution in [0.3, 0.4) is 0 Å². The molecule has 0 amide bonds. The smallest absolute Gasteiger partial charge is 0.402 e. The van der Waals surface area contributed by atoms with Gasteiger partial charge in [0.1, 0.15) is 0 Å². The van der Waals surface area contributed by atoms with Gasteiger partial charge >= 0.3 is 7.32 Å². The Balaban J connectivity index is 3.39.